The van der Waals surface area contributed by atoms with Gasteiger partial charge in [-0.15, -0.1) is 0 Å². The highest BCUT2D eigenvalue weighted by Gasteiger charge is 2.60. The number of hydrogen-bond acceptors (Lipinski definition) is 1. The van der Waals surface area contributed by atoms with Gasteiger partial charge in [0.05, 0.1) is 5.02 Å². The molecule has 76 valence electrons. The van der Waals surface area contributed by atoms with Crippen molar-refractivity contribution in [3.8, 4) is 0 Å². The van der Waals surface area contributed by atoms with Crippen LogP contribution in [0.25, 0.3) is 0 Å². The van der Waals surface area contributed by atoms with Crippen LogP contribution in [0.3, 0.4) is 0 Å². The van der Waals surface area contributed by atoms with Gasteiger partial charge < -0.3 is 5.73 Å². The van der Waals surface area contributed by atoms with E-state index in [0.29, 0.717) is 5.56 Å². The summed E-state index contributed by atoms with van der Waals surface area (Å²) in [7, 11) is 0. The monoisotopic (exact) mass is 213 g/mol. The second kappa shape index (κ2) is 2.71. The van der Waals surface area contributed by atoms with Crippen molar-refractivity contribution < 1.29 is 4.39 Å². The number of rotatable bonds is 1. The summed E-state index contributed by atoms with van der Waals surface area (Å²) in [5, 5.41) is 0.148. The average molecular weight is 214 g/mol. The fourth-order valence-electron chi connectivity index (χ4n) is 1.96. The van der Waals surface area contributed by atoms with Gasteiger partial charge in [-0.05, 0) is 17.9 Å². The summed E-state index contributed by atoms with van der Waals surface area (Å²) in [6.07, 6.45) is 0.803. The first-order valence-electron chi connectivity index (χ1n) is 4.62. The highest BCUT2D eigenvalue weighted by molar-refractivity contribution is 6.30. The van der Waals surface area contributed by atoms with Crippen molar-refractivity contribution in [2.45, 2.75) is 25.8 Å². The molecule has 1 aromatic rings. The first-order valence-corrected chi connectivity index (χ1v) is 5.00. The van der Waals surface area contributed by atoms with E-state index in [4.69, 9.17) is 17.3 Å². The summed E-state index contributed by atoms with van der Waals surface area (Å²) in [5.41, 5.74) is 6.08. The molecule has 0 heterocycles. The molecule has 0 aliphatic heterocycles. The van der Waals surface area contributed by atoms with Crippen molar-refractivity contribution in [1.82, 2.24) is 0 Å². The Morgan fingerprint density at radius 1 is 1.43 bits per heavy atom. The standard InChI is InChI=1S/C11H13ClFN/c1-10(2)6-11(10,14)7-4-3-5-8(12)9(7)13/h3-5H,6,14H2,1-2H3. The van der Waals surface area contributed by atoms with Crippen molar-refractivity contribution in [3.63, 3.8) is 0 Å². The van der Waals surface area contributed by atoms with E-state index in [-0.39, 0.29) is 16.3 Å². The molecule has 1 saturated carbocycles. The SMILES string of the molecule is CC1(C)CC1(N)c1cccc(Cl)c1F. The molecular formula is C11H13ClFN. The summed E-state index contributed by atoms with van der Waals surface area (Å²) in [4.78, 5) is 0. The second-order valence-corrected chi connectivity index (χ2v) is 5.04. The van der Waals surface area contributed by atoms with Crippen molar-refractivity contribution in [2.75, 3.05) is 0 Å². The lowest BCUT2D eigenvalue weighted by atomic mass is 9.97. The molecule has 1 nitrogen and oxygen atoms in total. The summed E-state index contributed by atoms with van der Waals surface area (Å²) in [6, 6.07) is 5.00. The van der Waals surface area contributed by atoms with E-state index in [2.05, 4.69) is 0 Å². The van der Waals surface area contributed by atoms with Crippen LogP contribution in [0.2, 0.25) is 5.02 Å². The Labute approximate surface area is 88.1 Å². The Morgan fingerprint density at radius 2 is 2.00 bits per heavy atom. The fraction of sp³-hybridized carbons (Fsp3) is 0.455. The molecular weight excluding hydrogens is 201 g/mol. The van der Waals surface area contributed by atoms with E-state index in [0.717, 1.165) is 6.42 Å². The van der Waals surface area contributed by atoms with Crippen LogP contribution >= 0.6 is 11.6 Å². The van der Waals surface area contributed by atoms with Gasteiger partial charge in [0.1, 0.15) is 5.82 Å². The molecule has 1 unspecified atom stereocenters. The Morgan fingerprint density at radius 3 is 2.50 bits per heavy atom. The molecule has 1 aliphatic carbocycles. The van der Waals surface area contributed by atoms with Gasteiger partial charge in [0.2, 0.25) is 0 Å². The first-order chi connectivity index (χ1) is 6.38. The van der Waals surface area contributed by atoms with Crippen molar-refractivity contribution in [1.29, 1.82) is 0 Å². The molecule has 0 saturated heterocycles. The van der Waals surface area contributed by atoms with E-state index >= 15 is 0 Å². The third kappa shape index (κ3) is 1.17. The molecule has 1 fully saturated rings. The van der Waals surface area contributed by atoms with Gasteiger partial charge in [0.15, 0.2) is 0 Å². The summed E-state index contributed by atoms with van der Waals surface area (Å²) < 4.78 is 13.7. The largest absolute Gasteiger partial charge is 0.321 e. The maximum absolute atomic E-state index is 13.7. The number of benzene rings is 1. The first kappa shape index (κ1) is 9.94. The van der Waals surface area contributed by atoms with Crippen LogP contribution in [-0.4, -0.2) is 0 Å². The summed E-state index contributed by atoms with van der Waals surface area (Å²) in [6.45, 7) is 4.07. The quantitative estimate of drug-likeness (QED) is 0.763. The lowest BCUT2D eigenvalue weighted by Gasteiger charge is -2.16. The van der Waals surface area contributed by atoms with Crippen LogP contribution in [0.15, 0.2) is 18.2 Å². The minimum Gasteiger partial charge on any atom is -0.321 e. The Kier molecular flexibility index (Phi) is 1.92. The molecule has 1 aliphatic rings. The van der Waals surface area contributed by atoms with Gasteiger partial charge in [-0.1, -0.05) is 37.6 Å². The Balaban J connectivity index is 2.49. The lowest BCUT2D eigenvalue weighted by molar-refractivity contribution is 0.483. The minimum absolute atomic E-state index is 0.0292. The highest BCUT2D eigenvalue weighted by Crippen LogP contribution is 2.60. The third-order valence-corrected chi connectivity index (χ3v) is 3.53. The van der Waals surface area contributed by atoms with Gasteiger partial charge in [-0.25, -0.2) is 4.39 Å². The molecule has 0 bridgehead atoms. The van der Waals surface area contributed by atoms with Crippen LogP contribution in [-0.2, 0) is 5.54 Å². The molecule has 3 heteroatoms. The van der Waals surface area contributed by atoms with Crippen LogP contribution in [0.1, 0.15) is 25.8 Å². The number of nitrogens with two attached hydrogens (primary N) is 1. The van der Waals surface area contributed by atoms with Gasteiger partial charge in [0.25, 0.3) is 0 Å². The summed E-state index contributed by atoms with van der Waals surface area (Å²) >= 11 is 5.71. The average Bonchev–Trinajstić information content (AvgIpc) is 2.58. The molecule has 1 atom stereocenters. The minimum atomic E-state index is -0.540. The van der Waals surface area contributed by atoms with Gasteiger partial charge in [-0.3, -0.25) is 0 Å². The smallest absolute Gasteiger partial charge is 0.146 e. The highest BCUT2D eigenvalue weighted by atomic mass is 35.5. The Bertz CT molecular complexity index is 389. The molecule has 0 spiro atoms. The van der Waals surface area contributed by atoms with Crippen LogP contribution in [0.4, 0.5) is 4.39 Å². The molecule has 0 radical (unpaired) electrons. The topological polar surface area (TPSA) is 26.0 Å². The zero-order chi connectivity index (χ0) is 10.6. The fourth-order valence-corrected chi connectivity index (χ4v) is 2.14. The van der Waals surface area contributed by atoms with Crippen LogP contribution < -0.4 is 5.73 Å². The van der Waals surface area contributed by atoms with Crippen LogP contribution in [0, 0.1) is 11.2 Å². The molecule has 14 heavy (non-hydrogen) atoms. The van der Waals surface area contributed by atoms with E-state index in [9.17, 15) is 4.39 Å². The summed E-state index contributed by atoms with van der Waals surface area (Å²) in [5.74, 6) is -0.373. The zero-order valence-corrected chi connectivity index (χ0v) is 9.03. The van der Waals surface area contributed by atoms with Gasteiger partial charge in [-0.2, -0.15) is 0 Å². The van der Waals surface area contributed by atoms with E-state index in [1.165, 1.54) is 0 Å². The normalized spacial score (nSPS) is 28.9. The number of halogens is 2. The molecule has 0 amide bonds. The second-order valence-electron chi connectivity index (χ2n) is 4.63. The molecule has 0 aromatic heterocycles. The molecule has 1 aromatic carbocycles. The van der Waals surface area contributed by atoms with Crippen molar-refractivity contribution in [3.05, 3.63) is 34.6 Å². The number of hydrogen-bond donors (Lipinski definition) is 1. The zero-order valence-electron chi connectivity index (χ0n) is 8.27. The van der Waals surface area contributed by atoms with Crippen molar-refractivity contribution >= 4 is 11.6 Å². The van der Waals surface area contributed by atoms with Gasteiger partial charge >= 0.3 is 0 Å². The van der Waals surface area contributed by atoms with Gasteiger partial charge in [0, 0.05) is 11.1 Å². The predicted molar refractivity (Wildman–Crippen MR) is 55.7 cm³/mol. The Hall–Kier alpha value is -0.600. The maximum atomic E-state index is 13.7. The maximum Gasteiger partial charge on any atom is 0.146 e. The molecule has 2 rings (SSSR count). The van der Waals surface area contributed by atoms with Crippen molar-refractivity contribution in [2.24, 2.45) is 11.1 Å². The van der Waals surface area contributed by atoms with Crippen LogP contribution in [0.5, 0.6) is 0 Å². The molecule has 2 N–H and O–H groups in total. The predicted octanol–water partition coefficient (Wildman–Crippen LogP) is 3.06. The van der Waals surface area contributed by atoms with E-state index in [1.54, 1.807) is 18.2 Å². The van der Waals surface area contributed by atoms with E-state index in [1.807, 2.05) is 13.8 Å². The third-order valence-electron chi connectivity index (χ3n) is 3.24. The van der Waals surface area contributed by atoms with E-state index < -0.39 is 5.54 Å². The lowest BCUT2D eigenvalue weighted by Crippen LogP contribution is -2.26.